The molecule has 4 heteroatoms. The van der Waals surface area contributed by atoms with Gasteiger partial charge in [-0.05, 0) is 19.1 Å². The summed E-state index contributed by atoms with van der Waals surface area (Å²) in [5.74, 6) is 6.69. The lowest BCUT2D eigenvalue weighted by molar-refractivity contribution is 0.907. The fraction of sp³-hybridized carbons (Fsp3) is 0.143. The Balaban J connectivity index is 1.97. The van der Waals surface area contributed by atoms with Crippen molar-refractivity contribution in [2.24, 2.45) is 0 Å². The molecule has 3 nitrogen and oxygen atoms in total. The number of thioether (sulfide) groups is 1. The Morgan fingerprint density at radius 3 is 2.83 bits per heavy atom. The number of aromatic nitrogens is 2. The van der Waals surface area contributed by atoms with Crippen molar-refractivity contribution in [3.8, 4) is 11.8 Å². The molecule has 0 aliphatic heterocycles. The Hall–Kier alpha value is -1.99. The molecular weight excluding hydrogens is 244 g/mol. The maximum atomic E-state index is 11.2. The predicted octanol–water partition coefficient (Wildman–Crippen LogP) is 2.22. The van der Waals surface area contributed by atoms with E-state index in [0.717, 1.165) is 11.3 Å². The molecule has 0 atom stereocenters. The van der Waals surface area contributed by atoms with E-state index >= 15 is 0 Å². The Morgan fingerprint density at radius 2 is 2.11 bits per heavy atom. The van der Waals surface area contributed by atoms with E-state index < -0.39 is 0 Å². The van der Waals surface area contributed by atoms with Crippen LogP contribution in [0.15, 0.2) is 46.3 Å². The molecule has 2 rings (SSSR count). The molecule has 1 aromatic heterocycles. The average molecular weight is 256 g/mol. The van der Waals surface area contributed by atoms with E-state index in [1.54, 1.807) is 6.92 Å². The van der Waals surface area contributed by atoms with Gasteiger partial charge in [-0.25, -0.2) is 4.98 Å². The van der Waals surface area contributed by atoms with Gasteiger partial charge in [-0.15, -0.1) is 0 Å². The number of nitrogens with zero attached hydrogens (tertiary/aromatic N) is 1. The van der Waals surface area contributed by atoms with Crippen LogP contribution in [0.4, 0.5) is 0 Å². The number of aryl methyl sites for hydroxylation is 1. The monoisotopic (exact) mass is 256 g/mol. The van der Waals surface area contributed by atoms with Crippen molar-refractivity contribution < 1.29 is 0 Å². The van der Waals surface area contributed by atoms with Crippen LogP contribution in [0.3, 0.4) is 0 Å². The molecule has 0 aliphatic rings. The molecule has 0 fully saturated rings. The van der Waals surface area contributed by atoms with E-state index in [4.69, 9.17) is 0 Å². The molecule has 0 spiro atoms. The third kappa shape index (κ3) is 3.79. The standard InChI is InChI=1S/C14H12N2OS/c1-11-10-13(17)16-14(15-11)18-9-5-8-12-6-3-2-4-7-12/h2-4,6-7,10H,9H2,1H3,(H,15,16,17). The van der Waals surface area contributed by atoms with E-state index in [0.29, 0.717) is 10.9 Å². The number of hydrogen-bond acceptors (Lipinski definition) is 3. The van der Waals surface area contributed by atoms with Crippen LogP contribution in [0, 0.1) is 18.8 Å². The lowest BCUT2D eigenvalue weighted by Crippen LogP contribution is -2.08. The third-order valence-corrected chi connectivity index (χ3v) is 2.89. The van der Waals surface area contributed by atoms with Crippen molar-refractivity contribution >= 4 is 11.8 Å². The third-order valence-electron chi connectivity index (χ3n) is 2.14. The van der Waals surface area contributed by atoms with Gasteiger partial charge >= 0.3 is 0 Å². The number of aromatic amines is 1. The molecule has 2 aromatic rings. The summed E-state index contributed by atoms with van der Waals surface area (Å²) < 4.78 is 0. The van der Waals surface area contributed by atoms with Gasteiger partial charge in [0, 0.05) is 17.3 Å². The summed E-state index contributed by atoms with van der Waals surface area (Å²) in [4.78, 5) is 18.1. The van der Waals surface area contributed by atoms with Gasteiger partial charge in [-0.1, -0.05) is 41.8 Å². The van der Waals surface area contributed by atoms with Crippen molar-refractivity contribution in [2.45, 2.75) is 12.1 Å². The van der Waals surface area contributed by atoms with Crippen LogP contribution in [0.5, 0.6) is 0 Å². The molecular formula is C14H12N2OS. The summed E-state index contributed by atoms with van der Waals surface area (Å²) in [6.45, 7) is 1.80. The zero-order valence-electron chi connectivity index (χ0n) is 9.93. The Kier molecular flexibility index (Phi) is 4.21. The van der Waals surface area contributed by atoms with E-state index in [1.165, 1.54) is 17.8 Å². The van der Waals surface area contributed by atoms with Gasteiger partial charge in [0.1, 0.15) is 0 Å². The molecule has 0 bridgehead atoms. The lowest BCUT2D eigenvalue weighted by Gasteiger charge is -1.97. The highest BCUT2D eigenvalue weighted by Crippen LogP contribution is 2.09. The van der Waals surface area contributed by atoms with Crippen LogP contribution >= 0.6 is 11.8 Å². The first-order valence-corrected chi connectivity index (χ1v) is 6.47. The molecule has 0 unspecified atom stereocenters. The van der Waals surface area contributed by atoms with Gasteiger partial charge < -0.3 is 4.98 Å². The largest absolute Gasteiger partial charge is 0.301 e. The molecule has 0 saturated heterocycles. The van der Waals surface area contributed by atoms with Gasteiger partial charge in [-0.2, -0.15) is 0 Å². The summed E-state index contributed by atoms with van der Waals surface area (Å²) in [6.07, 6.45) is 0. The first kappa shape index (κ1) is 12.5. The molecule has 0 aliphatic carbocycles. The zero-order valence-corrected chi connectivity index (χ0v) is 10.8. The van der Waals surface area contributed by atoms with E-state index in [-0.39, 0.29) is 5.56 Å². The number of hydrogen-bond donors (Lipinski definition) is 1. The Bertz CT molecular complexity index is 638. The highest BCUT2D eigenvalue weighted by Gasteiger charge is 1.97. The van der Waals surface area contributed by atoms with Crippen LogP contribution in [-0.4, -0.2) is 15.7 Å². The second-order valence-electron chi connectivity index (χ2n) is 3.65. The second-order valence-corrected chi connectivity index (χ2v) is 4.61. The average Bonchev–Trinajstić information content (AvgIpc) is 2.35. The van der Waals surface area contributed by atoms with Gasteiger partial charge in [-0.3, -0.25) is 4.79 Å². The number of nitrogens with one attached hydrogen (secondary N) is 1. The van der Waals surface area contributed by atoms with E-state index in [1.807, 2.05) is 30.3 Å². The smallest absolute Gasteiger partial charge is 0.251 e. The van der Waals surface area contributed by atoms with Crippen LogP contribution in [-0.2, 0) is 0 Å². The number of rotatable bonds is 2. The van der Waals surface area contributed by atoms with Crippen molar-refractivity contribution in [2.75, 3.05) is 5.75 Å². The number of H-pyrrole nitrogens is 1. The molecule has 0 radical (unpaired) electrons. The lowest BCUT2D eigenvalue weighted by atomic mass is 10.2. The second kappa shape index (κ2) is 6.08. The fourth-order valence-electron chi connectivity index (χ4n) is 1.38. The maximum absolute atomic E-state index is 11.2. The highest BCUT2D eigenvalue weighted by atomic mass is 32.2. The zero-order chi connectivity index (χ0) is 12.8. The molecule has 0 saturated carbocycles. The number of benzene rings is 1. The van der Waals surface area contributed by atoms with Crippen LogP contribution < -0.4 is 5.56 Å². The molecule has 1 heterocycles. The van der Waals surface area contributed by atoms with Gasteiger partial charge in [0.2, 0.25) is 0 Å². The van der Waals surface area contributed by atoms with Gasteiger partial charge in [0.05, 0.1) is 5.75 Å². The molecule has 1 N–H and O–H groups in total. The summed E-state index contributed by atoms with van der Waals surface area (Å²) in [6, 6.07) is 11.3. The molecule has 18 heavy (non-hydrogen) atoms. The summed E-state index contributed by atoms with van der Waals surface area (Å²) >= 11 is 1.43. The molecule has 0 amide bonds. The molecule has 90 valence electrons. The van der Waals surface area contributed by atoms with Gasteiger partial charge in [0.25, 0.3) is 5.56 Å². The molecule has 1 aromatic carbocycles. The predicted molar refractivity (Wildman–Crippen MR) is 73.6 cm³/mol. The summed E-state index contributed by atoms with van der Waals surface area (Å²) in [5.41, 5.74) is 1.59. The minimum Gasteiger partial charge on any atom is -0.301 e. The maximum Gasteiger partial charge on any atom is 0.251 e. The highest BCUT2D eigenvalue weighted by molar-refractivity contribution is 7.99. The minimum atomic E-state index is -0.124. The van der Waals surface area contributed by atoms with Crippen molar-refractivity contribution in [3.63, 3.8) is 0 Å². The van der Waals surface area contributed by atoms with Crippen LogP contribution in [0.25, 0.3) is 0 Å². The topological polar surface area (TPSA) is 45.8 Å². The van der Waals surface area contributed by atoms with Crippen LogP contribution in [0.1, 0.15) is 11.3 Å². The normalized spacial score (nSPS) is 9.61. The first-order chi connectivity index (χ1) is 8.74. The van der Waals surface area contributed by atoms with Gasteiger partial charge in [0.15, 0.2) is 5.16 Å². The summed E-state index contributed by atoms with van der Waals surface area (Å²) in [5, 5.41) is 0.613. The van der Waals surface area contributed by atoms with E-state index in [9.17, 15) is 4.79 Å². The van der Waals surface area contributed by atoms with Crippen LogP contribution in [0.2, 0.25) is 0 Å². The SMILES string of the molecule is Cc1cc(=O)[nH]c(SCC#Cc2ccccc2)n1. The van der Waals surface area contributed by atoms with Crippen molar-refractivity contribution in [3.05, 3.63) is 58.0 Å². The Morgan fingerprint density at radius 1 is 1.33 bits per heavy atom. The minimum absolute atomic E-state index is 0.124. The first-order valence-electron chi connectivity index (χ1n) is 5.49. The van der Waals surface area contributed by atoms with Crippen molar-refractivity contribution in [1.29, 1.82) is 0 Å². The van der Waals surface area contributed by atoms with E-state index in [2.05, 4.69) is 21.8 Å². The fourth-order valence-corrected chi connectivity index (χ4v) is 2.05. The quantitative estimate of drug-likeness (QED) is 0.509. The summed E-state index contributed by atoms with van der Waals surface area (Å²) in [7, 11) is 0. The Labute approximate surface area is 110 Å². The van der Waals surface area contributed by atoms with Crippen molar-refractivity contribution in [1.82, 2.24) is 9.97 Å².